The van der Waals surface area contributed by atoms with E-state index in [4.69, 9.17) is 0 Å². The van der Waals surface area contributed by atoms with Crippen LogP contribution in [0, 0.1) is 0 Å². The number of aromatic amines is 1. The average Bonchev–Trinajstić information content (AvgIpc) is 3.00. The van der Waals surface area contributed by atoms with E-state index in [1.165, 1.54) is 18.3 Å². The molecule has 0 spiro atoms. The van der Waals surface area contributed by atoms with E-state index >= 15 is 0 Å². The maximum Gasteiger partial charge on any atom is 0.278 e. The minimum Gasteiger partial charge on any atom is -0.352 e. The summed E-state index contributed by atoms with van der Waals surface area (Å²) in [6.45, 7) is 2.47. The van der Waals surface area contributed by atoms with Gasteiger partial charge in [0.1, 0.15) is 0 Å². The number of benzene rings is 1. The Labute approximate surface area is 122 Å². The highest BCUT2D eigenvalue weighted by Crippen LogP contribution is 2.19. The first kappa shape index (κ1) is 15.0. The molecule has 0 aliphatic heterocycles. The highest BCUT2D eigenvalue weighted by molar-refractivity contribution is 7.92. The van der Waals surface area contributed by atoms with E-state index in [9.17, 15) is 13.2 Å². The van der Waals surface area contributed by atoms with E-state index in [0.717, 1.165) is 6.42 Å². The maximum atomic E-state index is 12.1. The van der Waals surface area contributed by atoms with E-state index in [0.29, 0.717) is 6.54 Å². The number of sulfonamides is 1. The maximum absolute atomic E-state index is 12.1. The number of carbonyl (C=O) groups is 1. The number of nitrogens with zero attached hydrogens (tertiary/aromatic N) is 1. The monoisotopic (exact) mass is 308 g/mol. The lowest BCUT2D eigenvalue weighted by Gasteiger charge is -2.11. The SMILES string of the molecule is CCCNC(=O)c1ccccc1NS(=O)(=O)c1ccn[nH]1. The number of nitrogens with one attached hydrogen (secondary N) is 3. The molecule has 0 aliphatic carbocycles. The molecule has 0 unspecified atom stereocenters. The standard InChI is InChI=1S/C13H16N4O3S/c1-2-8-14-13(18)10-5-3-4-6-11(10)17-21(19,20)12-7-9-15-16-12/h3-7,9,17H,2,8H2,1H3,(H,14,18)(H,15,16). The van der Waals surface area contributed by atoms with Crippen molar-refractivity contribution in [2.24, 2.45) is 0 Å². The molecular formula is C13H16N4O3S. The van der Waals surface area contributed by atoms with Gasteiger partial charge in [-0.05, 0) is 24.6 Å². The van der Waals surface area contributed by atoms with Crippen molar-refractivity contribution in [2.45, 2.75) is 18.4 Å². The van der Waals surface area contributed by atoms with Crippen LogP contribution in [0.25, 0.3) is 0 Å². The number of aromatic nitrogens is 2. The fourth-order valence-corrected chi connectivity index (χ4v) is 2.69. The summed E-state index contributed by atoms with van der Waals surface area (Å²) >= 11 is 0. The Balaban J connectivity index is 2.27. The Hall–Kier alpha value is -2.35. The third-order valence-corrected chi connectivity index (χ3v) is 4.01. The van der Waals surface area contributed by atoms with Crippen molar-refractivity contribution in [2.75, 3.05) is 11.3 Å². The van der Waals surface area contributed by atoms with E-state index < -0.39 is 10.0 Å². The first-order chi connectivity index (χ1) is 10.0. The molecule has 1 aromatic carbocycles. The lowest BCUT2D eigenvalue weighted by atomic mass is 10.1. The molecular weight excluding hydrogens is 292 g/mol. The Morgan fingerprint density at radius 2 is 2.05 bits per heavy atom. The third-order valence-electron chi connectivity index (χ3n) is 2.72. The van der Waals surface area contributed by atoms with Gasteiger partial charge in [0.15, 0.2) is 5.03 Å². The smallest absolute Gasteiger partial charge is 0.278 e. The van der Waals surface area contributed by atoms with E-state index in [1.54, 1.807) is 18.2 Å². The number of hydrogen-bond donors (Lipinski definition) is 3. The molecule has 7 nitrogen and oxygen atoms in total. The van der Waals surface area contributed by atoms with Gasteiger partial charge in [0.05, 0.1) is 17.4 Å². The van der Waals surface area contributed by atoms with Crippen molar-refractivity contribution < 1.29 is 13.2 Å². The van der Waals surface area contributed by atoms with Gasteiger partial charge in [-0.1, -0.05) is 19.1 Å². The van der Waals surface area contributed by atoms with Gasteiger partial charge in [-0.15, -0.1) is 0 Å². The van der Waals surface area contributed by atoms with Crippen molar-refractivity contribution in [3.8, 4) is 0 Å². The fourth-order valence-electron chi connectivity index (χ4n) is 1.70. The van der Waals surface area contributed by atoms with Gasteiger partial charge < -0.3 is 5.32 Å². The van der Waals surface area contributed by atoms with Gasteiger partial charge in [0.25, 0.3) is 15.9 Å². The number of amides is 1. The second-order valence-corrected chi connectivity index (χ2v) is 5.98. The second kappa shape index (κ2) is 6.40. The summed E-state index contributed by atoms with van der Waals surface area (Å²) in [7, 11) is -3.79. The van der Waals surface area contributed by atoms with Gasteiger partial charge in [-0.25, -0.2) is 0 Å². The zero-order valence-electron chi connectivity index (χ0n) is 11.5. The van der Waals surface area contributed by atoms with Crippen LogP contribution in [-0.4, -0.2) is 31.1 Å². The Morgan fingerprint density at radius 1 is 1.29 bits per heavy atom. The predicted molar refractivity (Wildman–Crippen MR) is 78.5 cm³/mol. The minimum atomic E-state index is -3.79. The van der Waals surface area contributed by atoms with Crippen LogP contribution in [0.2, 0.25) is 0 Å². The summed E-state index contributed by atoms with van der Waals surface area (Å²) in [6.07, 6.45) is 2.14. The minimum absolute atomic E-state index is 0.0636. The number of hydrogen-bond acceptors (Lipinski definition) is 4. The summed E-state index contributed by atoms with van der Waals surface area (Å²) in [6, 6.07) is 7.77. The molecule has 0 saturated heterocycles. The Morgan fingerprint density at radius 3 is 2.71 bits per heavy atom. The molecule has 0 radical (unpaired) electrons. The van der Waals surface area contributed by atoms with Gasteiger partial charge in [0.2, 0.25) is 0 Å². The van der Waals surface area contributed by atoms with Crippen molar-refractivity contribution in [1.29, 1.82) is 0 Å². The summed E-state index contributed by atoms with van der Waals surface area (Å²) in [5, 5.41) is 8.64. The van der Waals surface area contributed by atoms with Crippen LogP contribution in [0.3, 0.4) is 0 Å². The van der Waals surface area contributed by atoms with Gasteiger partial charge in [-0.3, -0.25) is 14.6 Å². The number of rotatable bonds is 6. The lowest BCUT2D eigenvalue weighted by molar-refractivity contribution is 0.0954. The quantitative estimate of drug-likeness (QED) is 0.749. The predicted octanol–water partition coefficient (Wildman–Crippen LogP) is 1.35. The largest absolute Gasteiger partial charge is 0.352 e. The number of para-hydroxylation sites is 1. The Bertz CT molecular complexity index is 711. The molecule has 8 heteroatoms. The fraction of sp³-hybridized carbons (Fsp3) is 0.231. The Kier molecular flexibility index (Phi) is 4.59. The molecule has 2 rings (SSSR count). The van der Waals surface area contributed by atoms with Crippen LogP contribution < -0.4 is 10.0 Å². The third kappa shape index (κ3) is 3.60. The lowest BCUT2D eigenvalue weighted by Crippen LogP contribution is -2.25. The number of carbonyl (C=O) groups excluding carboxylic acids is 1. The van der Waals surface area contributed by atoms with Crippen LogP contribution >= 0.6 is 0 Å². The first-order valence-electron chi connectivity index (χ1n) is 6.44. The van der Waals surface area contributed by atoms with E-state index in [-0.39, 0.29) is 22.2 Å². The molecule has 0 aliphatic rings. The molecule has 0 saturated carbocycles. The van der Waals surface area contributed by atoms with Crippen molar-refractivity contribution in [1.82, 2.24) is 15.5 Å². The molecule has 21 heavy (non-hydrogen) atoms. The highest BCUT2D eigenvalue weighted by Gasteiger charge is 2.19. The molecule has 3 N–H and O–H groups in total. The van der Waals surface area contributed by atoms with Gasteiger partial charge in [0, 0.05) is 6.54 Å². The molecule has 1 heterocycles. The second-order valence-electron chi connectivity index (χ2n) is 4.33. The summed E-state index contributed by atoms with van der Waals surface area (Å²) < 4.78 is 26.7. The van der Waals surface area contributed by atoms with Crippen molar-refractivity contribution >= 4 is 21.6 Å². The average molecular weight is 308 g/mol. The zero-order valence-corrected chi connectivity index (χ0v) is 12.3. The molecule has 1 amide bonds. The molecule has 1 aromatic heterocycles. The zero-order chi connectivity index (χ0) is 15.3. The highest BCUT2D eigenvalue weighted by atomic mass is 32.2. The summed E-state index contributed by atoms with van der Waals surface area (Å²) in [5.74, 6) is -0.320. The van der Waals surface area contributed by atoms with Crippen LogP contribution in [0.15, 0.2) is 41.6 Å². The van der Waals surface area contributed by atoms with E-state index in [1.807, 2.05) is 6.92 Å². The molecule has 0 atom stereocenters. The van der Waals surface area contributed by atoms with Crippen LogP contribution in [0.5, 0.6) is 0 Å². The number of H-pyrrole nitrogens is 1. The van der Waals surface area contributed by atoms with Crippen molar-refractivity contribution in [3.05, 3.63) is 42.1 Å². The molecule has 0 fully saturated rings. The van der Waals surface area contributed by atoms with Gasteiger partial charge in [-0.2, -0.15) is 13.5 Å². The first-order valence-corrected chi connectivity index (χ1v) is 7.92. The van der Waals surface area contributed by atoms with Crippen LogP contribution in [-0.2, 0) is 10.0 Å². The summed E-state index contributed by atoms with van der Waals surface area (Å²) in [4.78, 5) is 12.0. The van der Waals surface area contributed by atoms with E-state index in [2.05, 4.69) is 20.2 Å². The molecule has 0 bridgehead atoms. The summed E-state index contributed by atoms with van der Waals surface area (Å²) in [5.41, 5.74) is 0.495. The number of anilines is 1. The van der Waals surface area contributed by atoms with Crippen molar-refractivity contribution in [3.63, 3.8) is 0 Å². The molecule has 2 aromatic rings. The topological polar surface area (TPSA) is 104 Å². The van der Waals surface area contributed by atoms with Crippen LogP contribution in [0.4, 0.5) is 5.69 Å². The molecule has 112 valence electrons. The van der Waals surface area contributed by atoms with Gasteiger partial charge >= 0.3 is 0 Å². The normalized spacial score (nSPS) is 11.1. The van der Waals surface area contributed by atoms with Crippen LogP contribution in [0.1, 0.15) is 23.7 Å².